The molecule has 0 radical (unpaired) electrons. The van der Waals surface area contributed by atoms with Crippen LogP contribution in [0.2, 0.25) is 0 Å². The molecule has 1 amide bonds. The first-order valence-corrected chi connectivity index (χ1v) is 7.22. The maximum atomic E-state index is 11.8. The van der Waals surface area contributed by atoms with Crippen molar-refractivity contribution in [2.45, 2.75) is 25.7 Å². The van der Waals surface area contributed by atoms with Crippen LogP contribution in [0.25, 0.3) is 5.69 Å². The van der Waals surface area contributed by atoms with Crippen molar-refractivity contribution < 1.29 is 14.7 Å². The van der Waals surface area contributed by atoms with E-state index in [1.54, 1.807) is 10.9 Å². The molecule has 2 rings (SSSR count). The third kappa shape index (κ3) is 5.05. The van der Waals surface area contributed by atoms with E-state index in [-0.39, 0.29) is 18.7 Å². The number of carboxylic acid groups (broad SMARTS) is 1. The second-order valence-electron chi connectivity index (χ2n) is 5.01. The van der Waals surface area contributed by atoms with Crippen molar-refractivity contribution in [3.05, 3.63) is 48.3 Å². The summed E-state index contributed by atoms with van der Waals surface area (Å²) in [6.45, 7) is 0.499. The number of hydrogen-bond donors (Lipinski definition) is 2. The van der Waals surface area contributed by atoms with Gasteiger partial charge in [-0.25, -0.2) is 4.68 Å². The number of unbranched alkanes of at least 4 members (excludes halogenated alkanes) is 1. The van der Waals surface area contributed by atoms with Crippen LogP contribution in [-0.4, -0.2) is 33.3 Å². The molecule has 1 aromatic carbocycles. The Kier molecular flexibility index (Phi) is 5.71. The van der Waals surface area contributed by atoms with Crippen LogP contribution < -0.4 is 5.32 Å². The molecule has 0 unspecified atom stereocenters. The number of nitrogens with zero attached hydrogens (tertiary/aromatic N) is 2. The molecule has 22 heavy (non-hydrogen) atoms. The van der Waals surface area contributed by atoms with E-state index < -0.39 is 5.97 Å². The predicted octanol–water partition coefficient (Wildman–Crippen LogP) is 1.79. The summed E-state index contributed by atoms with van der Waals surface area (Å²) in [7, 11) is 0. The molecule has 116 valence electrons. The van der Waals surface area contributed by atoms with Gasteiger partial charge in [0.05, 0.1) is 18.3 Å². The number of aromatic nitrogens is 2. The van der Waals surface area contributed by atoms with Crippen molar-refractivity contribution in [1.82, 2.24) is 15.1 Å². The Morgan fingerprint density at radius 2 is 1.95 bits per heavy atom. The van der Waals surface area contributed by atoms with Gasteiger partial charge in [0, 0.05) is 19.2 Å². The Hall–Kier alpha value is -2.63. The fourth-order valence-corrected chi connectivity index (χ4v) is 2.05. The molecule has 0 spiro atoms. The molecule has 0 aliphatic carbocycles. The van der Waals surface area contributed by atoms with Gasteiger partial charge >= 0.3 is 5.97 Å². The molecule has 0 saturated carbocycles. The van der Waals surface area contributed by atoms with Crippen molar-refractivity contribution in [1.29, 1.82) is 0 Å². The minimum atomic E-state index is -0.806. The standard InChI is InChI=1S/C16H19N3O3/c20-15(17-9-5-4-8-16(21)22)10-13-11-18-19(12-13)14-6-2-1-3-7-14/h1-3,6-7,11-12H,4-5,8-10H2,(H,17,20)(H,21,22). The summed E-state index contributed by atoms with van der Waals surface area (Å²) < 4.78 is 1.73. The highest BCUT2D eigenvalue weighted by Gasteiger charge is 2.06. The average Bonchev–Trinajstić information content (AvgIpc) is 2.96. The Bertz CT molecular complexity index is 623. The summed E-state index contributed by atoms with van der Waals surface area (Å²) in [5.74, 6) is -0.886. The Labute approximate surface area is 128 Å². The zero-order valence-corrected chi connectivity index (χ0v) is 12.2. The molecule has 1 aromatic heterocycles. The number of benzene rings is 1. The first-order valence-electron chi connectivity index (χ1n) is 7.22. The highest BCUT2D eigenvalue weighted by atomic mass is 16.4. The molecule has 0 saturated heterocycles. The largest absolute Gasteiger partial charge is 0.481 e. The van der Waals surface area contributed by atoms with E-state index in [4.69, 9.17) is 5.11 Å². The van der Waals surface area contributed by atoms with Crippen LogP contribution in [-0.2, 0) is 16.0 Å². The summed E-state index contributed by atoms with van der Waals surface area (Å²) in [5, 5.41) is 15.5. The molecule has 1 heterocycles. The van der Waals surface area contributed by atoms with Crippen molar-refractivity contribution in [3.8, 4) is 5.69 Å². The lowest BCUT2D eigenvalue weighted by Gasteiger charge is -2.03. The molecular formula is C16H19N3O3. The number of nitrogens with one attached hydrogen (secondary N) is 1. The van der Waals surface area contributed by atoms with Gasteiger partial charge in [0.15, 0.2) is 0 Å². The lowest BCUT2D eigenvalue weighted by atomic mass is 10.2. The molecule has 0 aliphatic heterocycles. The number of carboxylic acids is 1. The number of para-hydroxylation sites is 1. The summed E-state index contributed by atoms with van der Waals surface area (Å²) in [4.78, 5) is 22.2. The van der Waals surface area contributed by atoms with Crippen LogP contribution in [0.4, 0.5) is 0 Å². The van der Waals surface area contributed by atoms with E-state index in [1.807, 2.05) is 36.5 Å². The molecule has 6 nitrogen and oxygen atoms in total. The summed E-state index contributed by atoms with van der Waals surface area (Å²) in [5.41, 5.74) is 1.79. The lowest BCUT2D eigenvalue weighted by molar-refractivity contribution is -0.137. The van der Waals surface area contributed by atoms with Crippen molar-refractivity contribution in [2.75, 3.05) is 6.54 Å². The summed E-state index contributed by atoms with van der Waals surface area (Å²) >= 11 is 0. The van der Waals surface area contributed by atoms with Gasteiger partial charge in [-0.2, -0.15) is 5.10 Å². The molecule has 2 aromatic rings. The molecule has 2 N–H and O–H groups in total. The van der Waals surface area contributed by atoms with Crippen LogP contribution in [0.1, 0.15) is 24.8 Å². The third-order valence-electron chi connectivity index (χ3n) is 3.16. The number of carbonyl (C=O) groups excluding carboxylic acids is 1. The van der Waals surface area contributed by atoms with Crippen LogP contribution in [0.15, 0.2) is 42.7 Å². The van der Waals surface area contributed by atoms with Crippen LogP contribution in [0.5, 0.6) is 0 Å². The number of hydrogen-bond acceptors (Lipinski definition) is 3. The Morgan fingerprint density at radius 1 is 1.18 bits per heavy atom. The normalized spacial score (nSPS) is 10.4. The van der Waals surface area contributed by atoms with E-state index in [0.29, 0.717) is 19.4 Å². The maximum Gasteiger partial charge on any atom is 0.303 e. The van der Waals surface area contributed by atoms with E-state index in [1.165, 1.54) is 0 Å². The number of carbonyl (C=O) groups is 2. The zero-order chi connectivity index (χ0) is 15.8. The van der Waals surface area contributed by atoms with Crippen LogP contribution in [0, 0.1) is 0 Å². The zero-order valence-electron chi connectivity index (χ0n) is 12.2. The number of amides is 1. The van der Waals surface area contributed by atoms with Gasteiger partial charge < -0.3 is 10.4 Å². The molecule has 0 fully saturated rings. The SMILES string of the molecule is O=C(O)CCCCNC(=O)Cc1cnn(-c2ccccc2)c1. The van der Waals surface area contributed by atoms with Crippen molar-refractivity contribution in [3.63, 3.8) is 0 Å². The minimum Gasteiger partial charge on any atom is -0.481 e. The van der Waals surface area contributed by atoms with E-state index in [9.17, 15) is 9.59 Å². The molecule has 6 heteroatoms. The monoisotopic (exact) mass is 301 g/mol. The smallest absolute Gasteiger partial charge is 0.303 e. The summed E-state index contributed by atoms with van der Waals surface area (Å²) in [6, 6.07) is 9.69. The van der Waals surface area contributed by atoms with Gasteiger partial charge in [-0.1, -0.05) is 18.2 Å². The van der Waals surface area contributed by atoms with Crippen molar-refractivity contribution >= 4 is 11.9 Å². The second kappa shape index (κ2) is 7.97. The summed E-state index contributed by atoms with van der Waals surface area (Å²) in [6.07, 6.45) is 5.16. The first kappa shape index (κ1) is 15.8. The molecule has 0 bridgehead atoms. The molecule has 0 atom stereocenters. The minimum absolute atomic E-state index is 0.0806. The van der Waals surface area contributed by atoms with Crippen LogP contribution in [0.3, 0.4) is 0 Å². The van der Waals surface area contributed by atoms with Gasteiger partial charge in [-0.05, 0) is 30.5 Å². The fourth-order valence-electron chi connectivity index (χ4n) is 2.05. The fraction of sp³-hybridized carbons (Fsp3) is 0.312. The highest BCUT2D eigenvalue weighted by Crippen LogP contribution is 2.08. The van der Waals surface area contributed by atoms with E-state index in [2.05, 4.69) is 10.4 Å². The number of rotatable bonds is 8. The molecular weight excluding hydrogens is 282 g/mol. The van der Waals surface area contributed by atoms with E-state index in [0.717, 1.165) is 11.3 Å². The van der Waals surface area contributed by atoms with Gasteiger partial charge in [0.25, 0.3) is 0 Å². The second-order valence-corrected chi connectivity index (χ2v) is 5.01. The van der Waals surface area contributed by atoms with Gasteiger partial charge in [-0.3, -0.25) is 9.59 Å². The first-order chi connectivity index (χ1) is 10.6. The van der Waals surface area contributed by atoms with Crippen LogP contribution >= 0.6 is 0 Å². The van der Waals surface area contributed by atoms with E-state index >= 15 is 0 Å². The predicted molar refractivity (Wildman–Crippen MR) is 81.8 cm³/mol. The van der Waals surface area contributed by atoms with Gasteiger partial charge in [0.2, 0.25) is 5.91 Å². The highest BCUT2D eigenvalue weighted by molar-refractivity contribution is 5.78. The topological polar surface area (TPSA) is 84.2 Å². The number of aliphatic carboxylic acids is 1. The maximum absolute atomic E-state index is 11.8. The average molecular weight is 301 g/mol. The molecule has 0 aliphatic rings. The Morgan fingerprint density at radius 3 is 2.68 bits per heavy atom. The quantitative estimate of drug-likeness (QED) is 0.728. The van der Waals surface area contributed by atoms with Crippen molar-refractivity contribution in [2.24, 2.45) is 0 Å². The Balaban J connectivity index is 1.76. The van der Waals surface area contributed by atoms with Gasteiger partial charge in [0.1, 0.15) is 0 Å². The van der Waals surface area contributed by atoms with Gasteiger partial charge in [-0.15, -0.1) is 0 Å². The lowest BCUT2D eigenvalue weighted by Crippen LogP contribution is -2.26. The third-order valence-corrected chi connectivity index (χ3v) is 3.16.